The van der Waals surface area contributed by atoms with Crippen molar-refractivity contribution in [3.63, 3.8) is 0 Å². The van der Waals surface area contributed by atoms with E-state index in [-0.39, 0.29) is 41.1 Å². The molecule has 4 aromatic carbocycles. The number of hydrogen-bond acceptors (Lipinski definition) is 2. The fourth-order valence-electron chi connectivity index (χ4n) is 3.19. The average molecular weight is 322 g/mol. The summed E-state index contributed by atoms with van der Waals surface area (Å²) in [6, 6.07) is 22.9. The molecule has 0 aliphatic heterocycles. The van der Waals surface area contributed by atoms with Gasteiger partial charge in [-0.05, 0) is 33.2 Å². The molecule has 0 unspecified atom stereocenters. The summed E-state index contributed by atoms with van der Waals surface area (Å²) in [6.45, 7) is 0. The zero-order valence-corrected chi connectivity index (χ0v) is 15.5. The molecule has 0 bridgehead atoms. The predicted molar refractivity (Wildman–Crippen MR) is 91.8 cm³/mol. The standard InChI is InChI=1S/C21H16O2.Na/c22-20-11-9-14-5-1-3-7-16(14)18(20)13-19-17-8-4-2-6-15(17)10-12-21(19)23;/h1-12,22-23H,13H2;/q;+1/p-1. The third-order valence-electron chi connectivity index (χ3n) is 4.37. The van der Waals surface area contributed by atoms with Gasteiger partial charge in [0.15, 0.2) is 0 Å². The molecule has 0 saturated heterocycles. The van der Waals surface area contributed by atoms with Crippen molar-refractivity contribution in [2.45, 2.75) is 6.42 Å². The van der Waals surface area contributed by atoms with Gasteiger partial charge in [0.1, 0.15) is 5.75 Å². The molecule has 4 aromatic rings. The van der Waals surface area contributed by atoms with Crippen molar-refractivity contribution in [2.75, 3.05) is 0 Å². The molecule has 1 N–H and O–H groups in total. The number of phenolic OH excluding ortho intramolecular Hbond substituents is 1. The predicted octanol–water partition coefficient (Wildman–Crippen LogP) is 1.37. The van der Waals surface area contributed by atoms with Gasteiger partial charge in [-0.15, -0.1) is 5.75 Å². The van der Waals surface area contributed by atoms with Crippen LogP contribution in [0.1, 0.15) is 11.1 Å². The molecule has 24 heavy (non-hydrogen) atoms. The fourth-order valence-corrected chi connectivity index (χ4v) is 3.19. The second-order valence-corrected chi connectivity index (χ2v) is 5.72. The quantitative estimate of drug-likeness (QED) is 0.567. The average Bonchev–Trinajstić information content (AvgIpc) is 2.59. The smallest absolute Gasteiger partial charge is 0.872 e. The Morgan fingerprint density at radius 1 is 0.667 bits per heavy atom. The van der Waals surface area contributed by atoms with Gasteiger partial charge in [-0.25, -0.2) is 0 Å². The van der Waals surface area contributed by atoms with Gasteiger partial charge in [0, 0.05) is 12.0 Å². The Bertz CT molecular complexity index is 941. The first-order valence-electron chi connectivity index (χ1n) is 7.61. The van der Waals surface area contributed by atoms with Gasteiger partial charge >= 0.3 is 29.6 Å². The Morgan fingerprint density at radius 3 is 1.88 bits per heavy atom. The maximum Gasteiger partial charge on any atom is 1.00 e. The number of phenols is 1. The van der Waals surface area contributed by atoms with Crippen molar-refractivity contribution in [3.8, 4) is 11.5 Å². The minimum Gasteiger partial charge on any atom is -0.872 e. The number of fused-ring (bicyclic) bond motifs is 2. The van der Waals surface area contributed by atoms with Gasteiger partial charge in [-0.1, -0.05) is 66.7 Å². The zero-order valence-electron chi connectivity index (χ0n) is 13.5. The van der Waals surface area contributed by atoms with Crippen LogP contribution in [0.15, 0.2) is 72.8 Å². The van der Waals surface area contributed by atoms with Crippen molar-refractivity contribution in [1.29, 1.82) is 0 Å². The molecule has 0 atom stereocenters. The fraction of sp³-hybridized carbons (Fsp3) is 0.0476. The van der Waals surface area contributed by atoms with Gasteiger partial charge in [-0.2, -0.15) is 0 Å². The first-order valence-corrected chi connectivity index (χ1v) is 7.61. The first kappa shape index (κ1) is 16.8. The molecule has 3 heteroatoms. The zero-order chi connectivity index (χ0) is 15.8. The van der Waals surface area contributed by atoms with E-state index in [1.807, 2.05) is 60.7 Å². The van der Waals surface area contributed by atoms with E-state index in [1.54, 1.807) is 12.1 Å². The molecule has 112 valence electrons. The van der Waals surface area contributed by atoms with Crippen LogP contribution in [-0.4, -0.2) is 5.11 Å². The Kier molecular flexibility index (Phi) is 4.81. The summed E-state index contributed by atoms with van der Waals surface area (Å²) in [5.74, 6) is 0.243. The molecule has 0 aliphatic rings. The minimum absolute atomic E-state index is 0. The monoisotopic (exact) mass is 322 g/mol. The van der Waals surface area contributed by atoms with E-state index >= 15 is 0 Å². The number of aromatic hydroxyl groups is 1. The van der Waals surface area contributed by atoms with E-state index < -0.39 is 0 Å². The van der Waals surface area contributed by atoms with E-state index in [0.717, 1.165) is 32.7 Å². The summed E-state index contributed by atoms with van der Waals surface area (Å²) in [5.41, 5.74) is 1.53. The summed E-state index contributed by atoms with van der Waals surface area (Å²) in [6.07, 6.45) is 0.424. The minimum atomic E-state index is 0. The van der Waals surface area contributed by atoms with Crippen molar-refractivity contribution >= 4 is 21.5 Å². The molecular formula is C21H15NaO2. The van der Waals surface area contributed by atoms with Gasteiger partial charge in [-0.3, -0.25) is 0 Å². The Morgan fingerprint density at radius 2 is 1.21 bits per heavy atom. The normalized spacial score (nSPS) is 10.7. The van der Waals surface area contributed by atoms with Crippen LogP contribution in [0, 0.1) is 0 Å². The summed E-state index contributed by atoms with van der Waals surface area (Å²) in [4.78, 5) is 0. The third kappa shape index (κ3) is 2.89. The Balaban J connectivity index is 0.00000169. The van der Waals surface area contributed by atoms with Crippen LogP contribution in [0.3, 0.4) is 0 Å². The molecule has 0 heterocycles. The second-order valence-electron chi connectivity index (χ2n) is 5.72. The second kappa shape index (κ2) is 6.86. The Hall–Kier alpha value is -2.00. The van der Waals surface area contributed by atoms with Gasteiger partial charge in [0.05, 0.1) is 0 Å². The molecule has 4 rings (SSSR count). The topological polar surface area (TPSA) is 43.3 Å². The van der Waals surface area contributed by atoms with Crippen LogP contribution in [0.5, 0.6) is 11.5 Å². The van der Waals surface area contributed by atoms with Crippen molar-refractivity contribution in [1.82, 2.24) is 0 Å². The summed E-state index contributed by atoms with van der Waals surface area (Å²) in [7, 11) is 0. The number of benzene rings is 4. The number of rotatable bonds is 2. The molecule has 2 nitrogen and oxygen atoms in total. The van der Waals surface area contributed by atoms with Crippen LogP contribution in [0.4, 0.5) is 0 Å². The molecule has 0 aromatic heterocycles. The third-order valence-corrected chi connectivity index (χ3v) is 4.37. The van der Waals surface area contributed by atoms with Crippen molar-refractivity contribution in [3.05, 3.63) is 83.9 Å². The molecule has 0 saturated carbocycles. The molecule has 0 aliphatic carbocycles. The van der Waals surface area contributed by atoms with Gasteiger partial charge < -0.3 is 10.2 Å². The van der Waals surface area contributed by atoms with E-state index in [2.05, 4.69) is 0 Å². The van der Waals surface area contributed by atoms with E-state index in [1.165, 1.54) is 0 Å². The summed E-state index contributed by atoms with van der Waals surface area (Å²) < 4.78 is 0. The molecule has 0 amide bonds. The van der Waals surface area contributed by atoms with Crippen LogP contribution in [0.2, 0.25) is 0 Å². The van der Waals surface area contributed by atoms with Crippen LogP contribution in [0.25, 0.3) is 21.5 Å². The van der Waals surface area contributed by atoms with Crippen LogP contribution in [-0.2, 0) is 6.42 Å². The van der Waals surface area contributed by atoms with Crippen LogP contribution < -0.4 is 34.7 Å². The first-order chi connectivity index (χ1) is 11.2. The van der Waals surface area contributed by atoms with Crippen LogP contribution >= 0.6 is 0 Å². The van der Waals surface area contributed by atoms with E-state index in [9.17, 15) is 10.2 Å². The molecule has 0 spiro atoms. The Labute approximate surface area is 162 Å². The number of hydrogen-bond donors (Lipinski definition) is 1. The summed E-state index contributed by atoms with van der Waals surface area (Å²) in [5, 5.41) is 26.8. The maximum absolute atomic E-state index is 12.4. The molecule has 0 radical (unpaired) electrons. The maximum atomic E-state index is 12.4. The van der Waals surface area contributed by atoms with Gasteiger partial charge in [0.2, 0.25) is 0 Å². The van der Waals surface area contributed by atoms with Crippen molar-refractivity contribution in [2.24, 2.45) is 0 Å². The van der Waals surface area contributed by atoms with E-state index in [0.29, 0.717) is 6.42 Å². The van der Waals surface area contributed by atoms with Gasteiger partial charge in [0.25, 0.3) is 0 Å². The molecular weight excluding hydrogens is 307 g/mol. The van der Waals surface area contributed by atoms with E-state index in [4.69, 9.17) is 0 Å². The summed E-state index contributed by atoms with van der Waals surface area (Å²) >= 11 is 0. The largest absolute Gasteiger partial charge is 1.00 e. The molecule has 0 fully saturated rings. The SMILES string of the molecule is [Na+].[O-]c1ccc2ccccc2c1Cc1c(O)ccc2ccccc12. The van der Waals surface area contributed by atoms with Crippen molar-refractivity contribution < 1.29 is 39.8 Å².